The number of nitrogens with zero attached hydrogens (tertiary/aromatic N) is 2. The SMILES string of the molecule is CC1CCN1C(=O)C1(N(C)C)CC1. The minimum atomic E-state index is -0.116. The fourth-order valence-electron chi connectivity index (χ4n) is 2.06. The number of carbonyl (C=O) groups excluding carboxylic acids is 1. The van der Waals surface area contributed by atoms with Crippen molar-refractivity contribution in [3.8, 4) is 0 Å². The van der Waals surface area contributed by atoms with E-state index in [1.807, 2.05) is 19.0 Å². The second-order valence-electron chi connectivity index (χ2n) is 4.56. The van der Waals surface area contributed by atoms with Gasteiger partial charge in [0, 0.05) is 12.6 Å². The summed E-state index contributed by atoms with van der Waals surface area (Å²) in [7, 11) is 4.02. The molecule has 2 aliphatic rings. The van der Waals surface area contributed by atoms with Crippen molar-refractivity contribution >= 4 is 5.91 Å². The van der Waals surface area contributed by atoms with Gasteiger partial charge in [0.05, 0.1) is 0 Å². The van der Waals surface area contributed by atoms with Crippen LogP contribution in [0.2, 0.25) is 0 Å². The third-order valence-electron chi connectivity index (χ3n) is 3.56. The Balaban J connectivity index is 2.04. The molecule has 0 spiro atoms. The summed E-state index contributed by atoms with van der Waals surface area (Å²) in [6.45, 7) is 3.10. The summed E-state index contributed by atoms with van der Waals surface area (Å²) in [5, 5.41) is 0. The van der Waals surface area contributed by atoms with E-state index in [0.29, 0.717) is 11.9 Å². The predicted octanol–water partition coefficient (Wildman–Crippen LogP) is 0.701. The van der Waals surface area contributed by atoms with Gasteiger partial charge in [-0.05, 0) is 40.3 Å². The smallest absolute Gasteiger partial charge is 0.243 e. The zero-order valence-electron chi connectivity index (χ0n) is 8.71. The van der Waals surface area contributed by atoms with Gasteiger partial charge in [0.15, 0.2) is 0 Å². The van der Waals surface area contributed by atoms with Crippen LogP contribution < -0.4 is 0 Å². The van der Waals surface area contributed by atoms with Crippen LogP contribution in [0.25, 0.3) is 0 Å². The number of rotatable bonds is 2. The first kappa shape index (κ1) is 9.00. The molecule has 3 nitrogen and oxygen atoms in total. The zero-order chi connectivity index (χ0) is 9.64. The van der Waals surface area contributed by atoms with Gasteiger partial charge in [-0.25, -0.2) is 0 Å². The molecule has 1 saturated heterocycles. The minimum Gasteiger partial charge on any atom is -0.338 e. The summed E-state index contributed by atoms with van der Waals surface area (Å²) in [6, 6.07) is 0.477. The summed E-state index contributed by atoms with van der Waals surface area (Å²) in [5.74, 6) is 0.358. The van der Waals surface area contributed by atoms with Crippen molar-refractivity contribution in [3.05, 3.63) is 0 Å². The maximum absolute atomic E-state index is 12.0. The van der Waals surface area contributed by atoms with Crippen molar-refractivity contribution in [1.29, 1.82) is 0 Å². The van der Waals surface area contributed by atoms with Gasteiger partial charge >= 0.3 is 0 Å². The molecule has 0 aromatic carbocycles. The number of amides is 1. The van der Waals surface area contributed by atoms with E-state index < -0.39 is 0 Å². The standard InChI is InChI=1S/C10H18N2O/c1-8-4-7-12(8)9(13)10(5-6-10)11(2)3/h8H,4-7H2,1-3H3. The van der Waals surface area contributed by atoms with E-state index in [2.05, 4.69) is 11.8 Å². The first-order valence-corrected chi connectivity index (χ1v) is 5.06. The summed E-state index contributed by atoms with van der Waals surface area (Å²) < 4.78 is 0. The summed E-state index contributed by atoms with van der Waals surface area (Å²) in [6.07, 6.45) is 3.26. The first-order chi connectivity index (χ1) is 6.08. The lowest BCUT2D eigenvalue weighted by atomic mass is 10.0. The van der Waals surface area contributed by atoms with E-state index >= 15 is 0 Å². The van der Waals surface area contributed by atoms with Gasteiger partial charge in [-0.2, -0.15) is 0 Å². The van der Waals surface area contributed by atoms with Crippen LogP contribution >= 0.6 is 0 Å². The second-order valence-corrected chi connectivity index (χ2v) is 4.56. The molecule has 13 heavy (non-hydrogen) atoms. The Bertz CT molecular complexity index is 233. The molecule has 1 heterocycles. The lowest BCUT2D eigenvalue weighted by molar-refractivity contribution is -0.144. The highest BCUT2D eigenvalue weighted by molar-refractivity contribution is 5.90. The van der Waals surface area contributed by atoms with Gasteiger partial charge in [-0.1, -0.05) is 0 Å². The van der Waals surface area contributed by atoms with Crippen LogP contribution in [0.4, 0.5) is 0 Å². The molecule has 0 aromatic heterocycles. The Kier molecular flexibility index (Phi) is 1.88. The van der Waals surface area contributed by atoms with Crippen molar-refractivity contribution in [3.63, 3.8) is 0 Å². The van der Waals surface area contributed by atoms with Crippen molar-refractivity contribution in [2.75, 3.05) is 20.6 Å². The average molecular weight is 182 g/mol. The Morgan fingerprint density at radius 1 is 1.46 bits per heavy atom. The molecule has 2 fully saturated rings. The normalized spacial score (nSPS) is 30.2. The molecule has 74 valence electrons. The third-order valence-corrected chi connectivity index (χ3v) is 3.56. The van der Waals surface area contributed by atoms with Crippen LogP contribution in [-0.4, -0.2) is 47.9 Å². The average Bonchev–Trinajstić information content (AvgIpc) is 2.81. The van der Waals surface area contributed by atoms with E-state index in [9.17, 15) is 4.79 Å². The highest BCUT2D eigenvalue weighted by Gasteiger charge is 2.55. The molecule has 3 heteroatoms. The van der Waals surface area contributed by atoms with E-state index in [1.54, 1.807) is 0 Å². The Labute approximate surface area is 79.7 Å². The van der Waals surface area contributed by atoms with Crippen molar-refractivity contribution in [2.24, 2.45) is 0 Å². The highest BCUT2D eigenvalue weighted by Crippen LogP contribution is 2.43. The van der Waals surface area contributed by atoms with E-state index in [-0.39, 0.29) is 5.54 Å². The topological polar surface area (TPSA) is 23.6 Å². The molecule has 0 bridgehead atoms. The molecule has 1 atom stereocenters. The van der Waals surface area contributed by atoms with E-state index in [4.69, 9.17) is 0 Å². The highest BCUT2D eigenvalue weighted by atomic mass is 16.2. The maximum Gasteiger partial charge on any atom is 0.243 e. The maximum atomic E-state index is 12.0. The second kappa shape index (κ2) is 2.71. The Hall–Kier alpha value is -0.570. The number of hydrogen-bond donors (Lipinski definition) is 0. The lowest BCUT2D eigenvalue weighted by Crippen LogP contribution is -2.57. The molecule has 0 aromatic rings. The third kappa shape index (κ3) is 1.17. The van der Waals surface area contributed by atoms with Crippen LogP contribution in [0, 0.1) is 0 Å². The Morgan fingerprint density at radius 3 is 2.31 bits per heavy atom. The number of likely N-dealkylation sites (tertiary alicyclic amines) is 1. The van der Waals surface area contributed by atoms with Crippen LogP contribution in [0.1, 0.15) is 26.2 Å². The summed E-state index contributed by atoms with van der Waals surface area (Å²) >= 11 is 0. The van der Waals surface area contributed by atoms with E-state index in [0.717, 1.165) is 19.4 Å². The number of carbonyl (C=O) groups is 1. The molecule has 0 N–H and O–H groups in total. The Morgan fingerprint density at radius 2 is 2.08 bits per heavy atom. The van der Waals surface area contributed by atoms with Crippen LogP contribution in [0.5, 0.6) is 0 Å². The van der Waals surface area contributed by atoms with Crippen molar-refractivity contribution < 1.29 is 4.79 Å². The molecular weight excluding hydrogens is 164 g/mol. The van der Waals surface area contributed by atoms with Gasteiger partial charge in [-0.3, -0.25) is 9.69 Å². The van der Waals surface area contributed by atoms with Crippen molar-refractivity contribution in [1.82, 2.24) is 9.80 Å². The fourth-order valence-corrected chi connectivity index (χ4v) is 2.06. The molecule has 1 amide bonds. The molecule has 1 aliphatic heterocycles. The molecule has 1 unspecified atom stereocenters. The van der Waals surface area contributed by atoms with Crippen LogP contribution in [0.3, 0.4) is 0 Å². The zero-order valence-corrected chi connectivity index (χ0v) is 8.71. The van der Waals surface area contributed by atoms with Gasteiger partial charge in [0.1, 0.15) is 5.54 Å². The molecule has 1 saturated carbocycles. The van der Waals surface area contributed by atoms with Gasteiger partial charge in [0.25, 0.3) is 0 Å². The molecular formula is C10H18N2O. The number of likely N-dealkylation sites (N-methyl/N-ethyl adjacent to an activating group) is 1. The monoisotopic (exact) mass is 182 g/mol. The summed E-state index contributed by atoms with van der Waals surface area (Å²) in [4.78, 5) is 16.2. The predicted molar refractivity (Wildman–Crippen MR) is 51.4 cm³/mol. The number of hydrogen-bond acceptors (Lipinski definition) is 2. The summed E-state index contributed by atoms with van der Waals surface area (Å²) in [5.41, 5.74) is -0.116. The first-order valence-electron chi connectivity index (χ1n) is 5.06. The van der Waals surface area contributed by atoms with Crippen molar-refractivity contribution in [2.45, 2.75) is 37.8 Å². The van der Waals surface area contributed by atoms with Gasteiger partial charge in [0.2, 0.25) is 5.91 Å². The molecule has 0 radical (unpaired) electrons. The lowest BCUT2D eigenvalue weighted by Gasteiger charge is -2.42. The quantitative estimate of drug-likeness (QED) is 0.627. The fraction of sp³-hybridized carbons (Fsp3) is 0.900. The van der Waals surface area contributed by atoms with E-state index in [1.165, 1.54) is 6.42 Å². The van der Waals surface area contributed by atoms with Crippen LogP contribution in [0.15, 0.2) is 0 Å². The largest absolute Gasteiger partial charge is 0.338 e. The minimum absolute atomic E-state index is 0.116. The van der Waals surface area contributed by atoms with Gasteiger partial charge in [-0.15, -0.1) is 0 Å². The molecule has 2 rings (SSSR count). The van der Waals surface area contributed by atoms with Crippen LogP contribution in [-0.2, 0) is 4.79 Å². The van der Waals surface area contributed by atoms with Gasteiger partial charge < -0.3 is 4.90 Å². The molecule has 1 aliphatic carbocycles.